The van der Waals surface area contributed by atoms with Crippen LogP contribution < -0.4 is 11.1 Å². The van der Waals surface area contributed by atoms with E-state index in [9.17, 15) is 14.0 Å². The maximum absolute atomic E-state index is 13.3. The average Bonchev–Trinajstić information content (AvgIpc) is 2.79. The van der Waals surface area contributed by atoms with E-state index in [4.69, 9.17) is 17.3 Å². The number of halogens is 2. The number of hydrogen-bond donors (Lipinski definition) is 2. The number of nitrogen functional groups attached to an aromatic ring is 1. The summed E-state index contributed by atoms with van der Waals surface area (Å²) in [6, 6.07) is 6.64. The average molecular weight is 305 g/mol. The lowest BCUT2D eigenvalue weighted by atomic mass is 9.99. The van der Waals surface area contributed by atoms with Crippen LogP contribution in [-0.4, -0.2) is 11.7 Å². The van der Waals surface area contributed by atoms with Gasteiger partial charge in [-0.05, 0) is 35.9 Å². The molecule has 0 aliphatic carbocycles. The molecule has 0 radical (unpaired) electrons. The van der Waals surface area contributed by atoms with Crippen LogP contribution in [0, 0.1) is 5.82 Å². The van der Waals surface area contributed by atoms with E-state index in [1.54, 1.807) is 6.07 Å². The quantitative estimate of drug-likeness (QED) is 0.662. The first-order valence-electron chi connectivity index (χ1n) is 6.17. The predicted molar refractivity (Wildman–Crippen MR) is 78.0 cm³/mol. The molecule has 0 fully saturated rings. The van der Waals surface area contributed by atoms with E-state index < -0.39 is 11.6 Å². The molecule has 6 heteroatoms. The Bertz CT molecular complexity index is 789. The van der Waals surface area contributed by atoms with Gasteiger partial charge in [0.15, 0.2) is 5.78 Å². The summed E-state index contributed by atoms with van der Waals surface area (Å²) in [7, 11) is 0. The maximum Gasteiger partial charge on any atom is 0.228 e. The van der Waals surface area contributed by atoms with Crippen LogP contribution in [0.15, 0.2) is 30.3 Å². The number of anilines is 2. The lowest BCUT2D eigenvalue weighted by Crippen LogP contribution is -2.07. The van der Waals surface area contributed by atoms with Crippen molar-refractivity contribution < 1.29 is 14.0 Å². The number of hydrogen-bond acceptors (Lipinski definition) is 3. The summed E-state index contributed by atoms with van der Waals surface area (Å²) in [6.07, 6.45) is 0.186. The van der Waals surface area contributed by atoms with Crippen molar-refractivity contribution in [2.75, 3.05) is 11.1 Å². The van der Waals surface area contributed by atoms with Crippen LogP contribution in [0.3, 0.4) is 0 Å². The van der Waals surface area contributed by atoms with Crippen molar-refractivity contribution in [3.8, 4) is 0 Å². The minimum Gasteiger partial charge on any atom is -0.398 e. The summed E-state index contributed by atoms with van der Waals surface area (Å²) in [6.45, 7) is 0. The summed E-state index contributed by atoms with van der Waals surface area (Å²) in [5.41, 5.74) is 7.41. The molecule has 2 aromatic rings. The molecule has 0 bridgehead atoms. The van der Waals surface area contributed by atoms with Gasteiger partial charge in [0, 0.05) is 22.5 Å². The standard InChI is InChI=1S/C15H10ClFN2O2/c16-11-6-13-7(4-14(20)19-13)3-9(11)15(21)10-5-8(17)1-2-12(10)18/h1-3,5-6H,4,18H2,(H,19,20). The zero-order valence-electron chi connectivity index (χ0n) is 10.7. The lowest BCUT2D eigenvalue weighted by Gasteiger charge is -2.09. The van der Waals surface area contributed by atoms with Crippen LogP contribution in [0.2, 0.25) is 5.02 Å². The molecule has 21 heavy (non-hydrogen) atoms. The highest BCUT2D eigenvalue weighted by Gasteiger charge is 2.23. The Morgan fingerprint density at radius 1 is 1.24 bits per heavy atom. The van der Waals surface area contributed by atoms with Gasteiger partial charge in [-0.25, -0.2) is 4.39 Å². The number of carbonyl (C=O) groups is 2. The van der Waals surface area contributed by atoms with E-state index in [1.807, 2.05) is 0 Å². The SMILES string of the molecule is Nc1ccc(F)cc1C(=O)c1cc2c(cc1Cl)NC(=O)C2. The van der Waals surface area contributed by atoms with Crippen LogP contribution in [0.4, 0.5) is 15.8 Å². The van der Waals surface area contributed by atoms with Crippen molar-refractivity contribution in [1.29, 1.82) is 0 Å². The fourth-order valence-corrected chi connectivity index (χ4v) is 2.54. The molecule has 0 aromatic heterocycles. The third kappa shape index (κ3) is 2.36. The lowest BCUT2D eigenvalue weighted by molar-refractivity contribution is -0.115. The zero-order chi connectivity index (χ0) is 15.1. The van der Waals surface area contributed by atoms with Gasteiger partial charge in [-0.15, -0.1) is 0 Å². The molecule has 106 valence electrons. The number of ketones is 1. The van der Waals surface area contributed by atoms with Crippen molar-refractivity contribution in [3.05, 3.63) is 57.9 Å². The number of benzene rings is 2. The molecule has 1 heterocycles. The Hall–Kier alpha value is -2.40. The van der Waals surface area contributed by atoms with Crippen molar-refractivity contribution in [2.24, 2.45) is 0 Å². The summed E-state index contributed by atoms with van der Waals surface area (Å²) in [4.78, 5) is 23.8. The second kappa shape index (κ2) is 4.86. The second-order valence-electron chi connectivity index (χ2n) is 4.77. The number of nitrogens with two attached hydrogens (primary N) is 1. The molecule has 0 saturated carbocycles. The normalized spacial score (nSPS) is 13.0. The van der Waals surface area contributed by atoms with E-state index >= 15 is 0 Å². The fraction of sp³-hybridized carbons (Fsp3) is 0.0667. The van der Waals surface area contributed by atoms with E-state index in [1.165, 1.54) is 18.2 Å². The maximum atomic E-state index is 13.3. The number of fused-ring (bicyclic) bond motifs is 1. The highest BCUT2D eigenvalue weighted by Crippen LogP contribution is 2.31. The predicted octanol–water partition coefficient (Wildman–Crippen LogP) is 2.79. The van der Waals surface area contributed by atoms with Gasteiger partial charge in [0.25, 0.3) is 0 Å². The van der Waals surface area contributed by atoms with E-state index in [0.29, 0.717) is 11.3 Å². The molecule has 2 aromatic carbocycles. The molecular formula is C15H10ClFN2O2. The van der Waals surface area contributed by atoms with E-state index in [2.05, 4.69) is 5.32 Å². The first-order chi connectivity index (χ1) is 9.95. The number of nitrogens with one attached hydrogen (secondary N) is 1. The first kappa shape index (κ1) is 13.6. The van der Waals surface area contributed by atoms with Crippen LogP contribution in [0.25, 0.3) is 0 Å². The zero-order valence-corrected chi connectivity index (χ0v) is 11.5. The minimum atomic E-state index is -0.554. The number of amides is 1. The van der Waals surface area contributed by atoms with Crippen LogP contribution in [0.5, 0.6) is 0 Å². The van der Waals surface area contributed by atoms with Crippen molar-refractivity contribution in [3.63, 3.8) is 0 Å². The third-order valence-corrected chi connectivity index (χ3v) is 3.64. The Balaban J connectivity index is 2.09. The molecule has 0 spiro atoms. The van der Waals surface area contributed by atoms with Gasteiger partial charge in [0.1, 0.15) is 5.82 Å². The highest BCUT2D eigenvalue weighted by molar-refractivity contribution is 6.35. The molecule has 0 saturated heterocycles. The largest absolute Gasteiger partial charge is 0.398 e. The number of rotatable bonds is 2. The van der Waals surface area contributed by atoms with Crippen molar-refractivity contribution in [2.45, 2.75) is 6.42 Å². The number of carbonyl (C=O) groups excluding carboxylic acids is 2. The monoisotopic (exact) mass is 304 g/mol. The van der Waals surface area contributed by atoms with Crippen molar-refractivity contribution >= 4 is 34.7 Å². The third-order valence-electron chi connectivity index (χ3n) is 3.32. The molecule has 1 aliphatic rings. The first-order valence-corrected chi connectivity index (χ1v) is 6.55. The topological polar surface area (TPSA) is 72.2 Å². The molecule has 1 aliphatic heterocycles. The molecule has 3 N–H and O–H groups in total. The molecular weight excluding hydrogens is 295 g/mol. The minimum absolute atomic E-state index is 0.0501. The Labute approximate surface area is 124 Å². The van der Waals surface area contributed by atoms with E-state index in [0.717, 1.165) is 6.07 Å². The summed E-state index contributed by atoms with van der Waals surface area (Å²) < 4.78 is 13.3. The van der Waals surface area contributed by atoms with Gasteiger partial charge in [-0.2, -0.15) is 0 Å². The van der Waals surface area contributed by atoms with Crippen LogP contribution in [-0.2, 0) is 11.2 Å². The van der Waals surface area contributed by atoms with Gasteiger partial charge in [0.05, 0.1) is 11.4 Å². The smallest absolute Gasteiger partial charge is 0.228 e. The van der Waals surface area contributed by atoms with Crippen LogP contribution in [0.1, 0.15) is 21.5 Å². The molecule has 0 unspecified atom stereocenters. The van der Waals surface area contributed by atoms with Gasteiger partial charge in [-0.3, -0.25) is 9.59 Å². The molecule has 3 rings (SSSR count). The molecule has 4 nitrogen and oxygen atoms in total. The van der Waals surface area contributed by atoms with Gasteiger partial charge in [-0.1, -0.05) is 11.6 Å². The molecule has 0 atom stereocenters. The second-order valence-corrected chi connectivity index (χ2v) is 5.18. The van der Waals surface area contributed by atoms with Crippen LogP contribution >= 0.6 is 11.6 Å². The summed E-state index contributed by atoms with van der Waals surface area (Å²) in [5, 5.41) is 2.83. The van der Waals surface area contributed by atoms with Gasteiger partial charge in [0.2, 0.25) is 5.91 Å². The summed E-state index contributed by atoms with van der Waals surface area (Å²) in [5.74, 6) is -1.18. The fourth-order valence-electron chi connectivity index (χ4n) is 2.29. The van der Waals surface area contributed by atoms with Gasteiger partial charge < -0.3 is 11.1 Å². The summed E-state index contributed by atoms with van der Waals surface area (Å²) >= 11 is 6.09. The van der Waals surface area contributed by atoms with Gasteiger partial charge >= 0.3 is 0 Å². The van der Waals surface area contributed by atoms with E-state index in [-0.39, 0.29) is 34.2 Å². The Kier molecular flexibility index (Phi) is 3.14. The molecule has 1 amide bonds. The Morgan fingerprint density at radius 3 is 2.76 bits per heavy atom. The Morgan fingerprint density at radius 2 is 2.00 bits per heavy atom. The highest BCUT2D eigenvalue weighted by atomic mass is 35.5. The van der Waals surface area contributed by atoms with Crippen molar-refractivity contribution in [1.82, 2.24) is 0 Å².